The Labute approximate surface area is 127 Å². The molecule has 1 unspecified atom stereocenters. The second-order valence-corrected chi connectivity index (χ2v) is 6.36. The van der Waals surface area contributed by atoms with E-state index in [-0.39, 0.29) is 11.9 Å². The molecule has 0 saturated carbocycles. The molecular weight excluding hydrogens is 286 g/mol. The zero-order valence-corrected chi connectivity index (χ0v) is 12.8. The average Bonchev–Trinajstić information content (AvgIpc) is 3.11. The molecule has 0 spiro atoms. The van der Waals surface area contributed by atoms with E-state index in [1.807, 2.05) is 18.8 Å². The molecule has 3 rings (SSSR count). The summed E-state index contributed by atoms with van der Waals surface area (Å²) in [6.45, 7) is 2.88. The minimum Gasteiger partial charge on any atom is -0.347 e. The van der Waals surface area contributed by atoms with Gasteiger partial charge in [-0.25, -0.2) is 0 Å². The third kappa shape index (κ3) is 3.68. The highest BCUT2D eigenvalue weighted by molar-refractivity contribution is 7.09. The Morgan fingerprint density at radius 1 is 1.57 bits per heavy atom. The highest BCUT2D eigenvalue weighted by Gasteiger charge is 2.22. The van der Waals surface area contributed by atoms with Gasteiger partial charge in [0.2, 0.25) is 0 Å². The Morgan fingerprint density at radius 3 is 3.19 bits per heavy atom. The Hall–Kier alpha value is -1.73. The SMILES string of the molecule is Cn1ccc(C(=O)NC2CCCN(Cc3cncs3)C2)n1. The average molecular weight is 305 g/mol. The van der Waals surface area contributed by atoms with Crippen LogP contribution in [0.5, 0.6) is 0 Å². The second-order valence-electron chi connectivity index (χ2n) is 5.39. The van der Waals surface area contributed by atoms with Crippen molar-refractivity contribution >= 4 is 17.2 Å². The van der Waals surface area contributed by atoms with Crippen molar-refractivity contribution in [3.63, 3.8) is 0 Å². The summed E-state index contributed by atoms with van der Waals surface area (Å²) in [6, 6.07) is 1.94. The Balaban J connectivity index is 1.55. The lowest BCUT2D eigenvalue weighted by Gasteiger charge is -2.32. The van der Waals surface area contributed by atoms with Crippen LogP contribution in [-0.2, 0) is 13.6 Å². The quantitative estimate of drug-likeness (QED) is 0.924. The van der Waals surface area contributed by atoms with Crippen LogP contribution in [0.3, 0.4) is 0 Å². The highest BCUT2D eigenvalue weighted by Crippen LogP contribution is 2.16. The summed E-state index contributed by atoms with van der Waals surface area (Å²) in [4.78, 5) is 19.9. The van der Waals surface area contributed by atoms with Gasteiger partial charge in [-0.3, -0.25) is 19.4 Å². The minimum atomic E-state index is -0.0831. The number of piperidine rings is 1. The van der Waals surface area contributed by atoms with Gasteiger partial charge in [0.25, 0.3) is 5.91 Å². The molecule has 1 atom stereocenters. The summed E-state index contributed by atoms with van der Waals surface area (Å²) in [5, 5.41) is 7.23. The summed E-state index contributed by atoms with van der Waals surface area (Å²) in [6.07, 6.45) is 5.83. The molecule has 1 amide bonds. The first-order chi connectivity index (χ1) is 10.2. The first-order valence-corrected chi connectivity index (χ1v) is 7.99. The fraction of sp³-hybridized carbons (Fsp3) is 0.500. The van der Waals surface area contributed by atoms with Crippen LogP contribution in [0, 0.1) is 0 Å². The molecule has 1 aliphatic rings. The molecule has 0 aliphatic carbocycles. The van der Waals surface area contributed by atoms with Gasteiger partial charge in [0.1, 0.15) is 5.69 Å². The maximum atomic E-state index is 12.1. The van der Waals surface area contributed by atoms with E-state index in [4.69, 9.17) is 0 Å². The van der Waals surface area contributed by atoms with Gasteiger partial charge in [-0.05, 0) is 25.5 Å². The van der Waals surface area contributed by atoms with E-state index in [9.17, 15) is 4.79 Å². The van der Waals surface area contributed by atoms with Crippen molar-refractivity contribution in [3.8, 4) is 0 Å². The van der Waals surface area contributed by atoms with E-state index in [0.29, 0.717) is 5.69 Å². The standard InChI is InChI=1S/C14H19N5OS/c1-18-6-4-13(17-18)14(20)16-11-3-2-5-19(8-11)9-12-7-15-10-21-12/h4,6-7,10-11H,2-3,5,8-9H2,1H3,(H,16,20). The summed E-state index contributed by atoms with van der Waals surface area (Å²) in [7, 11) is 1.81. The third-order valence-corrected chi connectivity index (χ3v) is 4.41. The summed E-state index contributed by atoms with van der Waals surface area (Å²) >= 11 is 1.68. The van der Waals surface area contributed by atoms with Crippen LogP contribution in [0.2, 0.25) is 0 Å². The fourth-order valence-electron chi connectivity index (χ4n) is 2.65. The first-order valence-electron chi connectivity index (χ1n) is 7.11. The van der Waals surface area contributed by atoms with Crippen LogP contribution in [0.4, 0.5) is 0 Å². The molecule has 0 aromatic carbocycles. The molecule has 21 heavy (non-hydrogen) atoms. The number of carbonyl (C=O) groups excluding carboxylic acids is 1. The summed E-state index contributed by atoms with van der Waals surface area (Å²) in [5.74, 6) is -0.0831. The predicted molar refractivity (Wildman–Crippen MR) is 81.1 cm³/mol. The van der Waals surface area contributed by atoms with Crippen molar-refractivity contribution in [2.75, 3.05) is 13.1 Å². The predicted octanol–water partition coefficient (Wildman–Crippen LogP) is 1.27. The molecular formula is C14H19N5OS. The van der Waals surface area contributed by atoms with Crippen LogP contribution < -0.4 is 5.32 Å². The Morgan fingerprint density at radius 2 is 2.48 bits per heavy atom. The van der Waals surface area contributed by atoms with Gasteiger partial charge < -0.3 is 5.32 Å². The number of amides is 1. The molecule has 1 fully saturated rings. The van der Waals surface area contributed by atoms with Gasteiger partial charge in [0.05, 0.1) is 5.51 Å². The normalized spacial score (nSPS) is 19.6. The second kappa shape index (κ2) is 6.36. The molecule has 6 nitrogen and oxygen atoms in total. The van der Waals surface area contributed by atoms with Crippen molar-refractivity contribution in [1.29, 1.82) is 0 Å². The molecule has 3 heterocycles. The smallest absolute Gasteiger partial charge is 0.272 e. The number of thiazole rings is 1. The van der Waals surface area contributed by atoms with Crippen LogP contribution in [0.15, 0.2) is 24.0 Å². The lowest BCUT2D eigenvalue weighted by Crippen LogP contribution is -2.47. The van der Waals surface area contributed by atoms with Gasteiger partial charge in [0, 0.05) is 43.4 Å². The van der Waals surface area contributed by atoms with Crippen molar-refractivity contribution in [1.82, 2.24) is 25.0 Å². The lowest BCUT2D eigenvalue weighted by molar-refractivity contribution is 0.0895. The minimum absolute atomic E-state index is 0.0831. The first kappa shape index (κ1) is 14.2. The van der Waals surface area contributed by atoms with E-state index in [1.165, 1.54) is 4.88 Å². The fourth-order valence-corrected chi connectivity index (χ4v) is 3.29. The maximum absolute atomic E-state index is 12.1. The zero-order chi connectivity index (χ0) is 14.7. The molecule has 1 aliphatic heterocycles. The van der Waals surface area contributed by atoms with Gasteiger partial charge in [-0.1, -0.05) is 0 Å². The number of aromatic nitrogens is 3. The molecule has 2 aromatic heterocycles. The van der Waals surface area contributed by atoms with Crippen molar-refractivity contribution in [3.05, 3.63) is 34.5 Å². The number of nitrogens with zero attached hydrogens (tertiary/aromatic N) is 4. The summed E-state index contributed by atoms with van der Waals surface area (Å²) in [5.41, 5.74) is 2.34. The Bertz CT molecular complexity index is 594. The van der Waals surface area contributed by atoms with Crippen LogP contribution in [0.25, 0.3) is 0 Å². The topological polar surface area (TPSA) is 63.1 Å². The molecule has 0 bridgehead atoms. The molecule has 1 N–H and O–H groups in total. The molecule has 1 saturated heterocycles. The van der Waals surface area contributed by atoms with E-state index in [0.717, 1.165) is 32.5 Å². The van der Waals surface area contributed by atoms with E-state index in [2.05, 4.69) is 20.3 Å². The van der Waals surface area contributed by atoms with E-state index in [1.54, 1.807) is 28.3 Å². The number of aryl methyl sites for hydroxylation is 1. The van der Waals surface area contributed by atoms with Gasteiger partial charge >= 0.3 is 0 Å². The number of rotatable bonds is 4. The third-order valence-electron chi connectivity index (χ3n) is 3.65. The van der Waals surface area contributed by atoms with E-state index >= 15 is 0 Å². The lowest BCUT2D eigenvalue weighted by atomic mass is 10.1. The van der Waals surface area contributed by atoms with Crippen molar-refractivity contribution < 1.29 is 4.79 Å². The van der Waals surface area contributed by atoms with E-state index < -0.39 is 0 Å². The molecule has 2 aromatic rings. The molecule has 0 radical (unpaired) electrons. The van der Waals surface area contributed by atoms with Gasteiger partial charge in [-0.2, -0.15) is 5.10 Å². The number of nitrogens with one attached hydrogen (secondary N) is 1. The maximum Gasteiger partial charge on any atom is 0.272 e. The van der Waals surface area contributed by atoms with Gasteiger partial charge in [0.15, 0.2) is 0 Å². The van der Waals surface area contributed by atoms with Crippen molar-refractivity contribution in [2.45, 2.75) is 25.4 Å². The molecule has 7 heteroatoms. The number of carbonyl (C=O) groups is 1. The number of hydrogen-bond donors (Lipinski definition) is 1. The Kier molecular flexibility index (Phi) is 4.31. The number of hydrogen-bond acceptors (Lipinski definition) is 5. The van der Waals surface area contributed by atoms with Crippen LogP contribution in [-0.4, -0.2) is 44.7 Å². The highest BCUT2D eigenvalue weighted by atomic mass is 32.1. The van der Waals surface area contributed by atoms with Crippen LogP contribution >= 0.6 is 11.3 Å². The number of likely N-dealkylation sites (tertiary alicyclic amines) is 1. The van der Waals surface area contributed by atoms with Gasteiger partial charge in [-0.15, -0.1) is 11.3 Å². The monoisotopic (exact) mass is 305 g/mol. The molecule has 112 valence electrons. The summed E-state index contributed by atoms with van der Waals surface area (Å²) < 4.78 is 1.64. The van der Waals surface area contributed by atoms with Crippen molar-refractivity contribution in [2.24, 2.45) is 7.05 Å². The zero-order valence-electron chi connectivity index (χ0n) is 12.0. The van der Waals surface area contributed by atoms with Crippen LogP contribution in [0.1, 0.15) is 28.2 Å². The largest absolute Gasteiger partial charge is 0.347 e.